The van der Waals surface area contributed by atoms with Crippen LogP contribution in [-0.4, -0.2) is 34.7 Å². The van der Waals surface area contributed by atoms with Crippen molar-refractivity contribution in [2.45, 2.75) is 17.9 Å². The van der Waals surface area contributed by atoms with Crippen molar-refractivity contribution in [1.82, 2.24) is 24.5 Å². The summed E-state index contributed by atoms with van der Waals surface area (Å²) >= 11 is 0. The van der Waals surface area contributed by atoms with Gasteiger partial charge in [0.1, 0.15) is 29.3 Å². The van der Waals surface area contributed by atoms with Crippen molar-refractivity contribution in [3.05, 3.63) is 90.0 Å². The maximum absolute atomic E-state index is 14.0. The van der Waals surface area contributed by atoms with Gasteiger partial charge in [-0.25, -0.2) is 49.7 Å². The topological polar surface area (TPSA) is 125 Å². The van der Waals surface area contributed by atoms with Crippen LogP contribution in [-0.2, 0) is 16.6 Å². The van der Waals surface area contributed by atoms with E-state index >= 15 is 0 Å². The number of ether oxygens (including phenoxy) is 1. The zero-order valence-electron chi connectivity index (χ0n) is 20.8. The molecule has 0 bridgehead atoms. The molecule has 3 N–H and O–H groups in total. The fourth-order valence-electron chi connectivity index (χ4n) is 4.02. The van der Waals surface area contributed by atoms with E-state index in [2.05, 4.69) is 15.1 Å². The third-order valence-electron chi connectivity index (χ3n) is 5.94. The largest absolute Gasteiger partial charge is 0.457 e. The predicted molar refractivity (Wildman–Crippen MR) is 138 cm³/mol. The van der Waals surface area contributed by atoms with E-state index in [-0.39, 0.29) is 18.8 Å². The van der Waals surface area contributed by atoms with Gasteiger partial charge in [0.05, 0.1) is 5.39 Å². The number of nitrogens with one attached hydrogen (secondary N) is 1. The van der Waals surface area contributed by atoms with Gasteiger partial charge < -0.3 is 10.5 Å². The van der Waals surface area contributed by atoms with Crippen molar-refractivity contribution in [2.75, 3.05) is 12.3 Å². The number of benzene rings is 3. The summed E-state index contributed by atoms with van der Waals surface area (Å²) in [6, 6.07) is 16.2. The highest BCUT2D eigenvalue weighted by Crippen LogP contribution is 2.32. The minimum atomic E-state index is -5.09. The summed E-state index contributed by atoms with van der Waals surface area (Å²) in [5.74, 6) is -10.7. The fraction of sp³-hybridized carbons (Fsp3) is 0.115. The smallest absolute Gasteiger partial charge is 0.246 e. The summed E-state index contributed by atoms with van der Waals surface area (Å²) < 4.78 is 102. The van der Waals surface area contributed by atoms with Gasteiger partial charge in [0, 0.05) is 18.7 Å². The maximum Gasteiger partial charge on any atom is 0.246 e. The van der Waals surface area contributed by atoms with E-state index in [9.17, 15) is 30.4 Å². The molecule has 0 radical (unpaired) electrons. The van der Waals surface area contributed by atoms with Crippen molar-refractivity contribution in [1.29, 1.82) is 0 Å². The first kappa shape index (κ1) is 27.9. The van der Waals surface area contributed by atoms with Crippen LogP contribution in [0, 0.1) is 29.1 Å². The third kappa shape index (κ3) is 5.40. The molecule has 0 unspecified atom stereocenters. The highest BCUT2D eigenvalue weighted by atomic mass is 32.2. The van der Waals surface area contributed by atoms with E-state index in [0.29, 0.717) is 33.8 Å². The number of aromatic nitrogens is 4. The Bertz CT molecular complexity index is 1820. The second kappa shape index (κ2) is 11.1. The predicted octanol–water partition coefficient (Wildman–Crippen LogP) is 4.93. The summed E-state index contributed by atoms with van der Waals surface area (Å²) in [7, 11) is -5.09. The number of fused-ring (bicyclic) bond motifs is 1. The normalized spacial score (nSPS) is 11.7. The third-order valence-corrected chi connectivity index (χ3v) is 7.42. The number of nitrogens with two attached hydrogens (primary N) is 1. The lowest BCUT2D eigenvalue weighted by atomic mass is 10.1. The highest BCUT2D eigenvalue weighted by Gasteiger charge is 2.33. The second-order valence-corrected chi connectivity index (χ2v) is 10.3. The van der Waals surface area contributed by atoms with Crippen LogP contribution < -0.4 is 15.2 Å². The minimum Gasteiger partial charge on any atom is -0.457 e. The van der Waals surface area contributed by atoms with E-state index in [1.165, 1.54) is 11.0 Å². The van der Waals surface area contributed by atoms with Crippen LogP contribution in [0.4, 0.5) is 27.8 Å². The van der Waals surface area contributed by atoms with Gasteiger partial charge >= 0.3 is 0 Å². The number of aryl methyl sites for hydroxylation is 1. The summed E-state index contributed by atoms with van der Waals surface area (Å²) in [5, 5.41) is 4.98. The molecule has 2 heterocycles. The van der Waals surface area contributed by atoms with Crippen LogP contribution in [0.15, 0.2) is 65.8 Å². The first-order valence-electron chi connectivity index (χ1n) is 11.9. The number of hydrogen-bond donors (Lipinski definition) is 2. The molecule has 0 atom stereocenters. The van der Waals surface area contributed by atoms with Crippen molar-refractivity contribution < 1.29 is 35.1 Å². The van der Waals surface area contributed by atoms with E-state index in [1.807, 2.05) is 35.1 Å². The van der Waals surface area contributed by atoms with Crippen molar-refractivity contribution in [2.24, 2.45) is 0 Å². The average Bonchev–Trinajstić information content (AvgIpc) is 3.34. The van der Waals surface area contributed by atoms with Gasteiger partial charge in [0.25, 0.3) is 0 Å². The molecule has 212 valence electrons. The first-order valence-corrected chi connectivity index (χ1v) is 13.4. The Kier molecular flexibility index (Phi) is 7.55. The van der Waals surface area contributed by atoms with Gasteiger partial charge in [-0.1, -0.05) is 18.2 Å². The van der Waals surface area contributed by atoms with Gasteiger partial charge in [0.15, 0.2) is 33.8 Å². The Morgan fingerprint density at radius 2 is 1.44 bits per heavy atom. The number of para-hydroxylation sites is 1. The van der Waals surface area contributed by atoms with Crippen molar-refractivity contribution in [3.63, 3.8) is 0 Å². The van der Waals surface area contributed by atoms with E-state index in [0.717, 1.165) is 0 Å². The van der Waals surface area contributed by atoms with Crippen molar-refractivity contribution in [3.8, 4) is 22.8 Å². The molecular formula is C26H19F5N6O3S. The lowest BCUT2D eigenvalue weighted by Crippen LogP contribution is -2.28. The van der Waals surface area contributed by atoms with E-state index in [1.54, 1.807) is 24.3 Å². The average molecular weight is 591 g/mol. The van der Waals surface area contributed by atoms with Crippen LogP contribution in [0.2, 0.25) is 0 Å². The molecule has 41 heavy (non-hydrogen) atoms. The van der Waals surface area contributed by atoms with Crippen LogP contribution in [0.25, 0.3) is 22.3 Å². The first-order chi connectivity index (χ1) is 19.6. The Morgan fingerprint density at radius 1 is 0.829 bits per heavy atom. The molecule has 15 heteroatoms. The molecule has 0 aliphatic carbocycles. The molecule has 3 aromatic carbocycles. The quantitative estimate of drug-likeness (QED) is 0.108. The monoisotopic (exact) mass is 590 g/mol. The number of hydrogen-bond acceptors (Lipinski definition) is 7. The van der Waals surface area contributed by atoms with Crippen molar-refractivity contribution >= 4 is 26.9 Å². The van der Waals surface area contributed by atoms with E-state index < -0.39 is 50.5 Å². The summed E-state index contributed by atoms with van der Waals surface area (Å²) in [6.07, 6.45) is 1.22. The molecule has 0 fully saturated rings. The fourth-order valence-corrected chi connectivity index (χ4v) is 5.23. The molecule has 0 amide bonds. The molecular weight excluding hydrogens is 571 g/mol. The lowest BCUT2D eigenvalue weighted by Gasteiger charge is -2.10. The van der Waals surface area contributed by atoms with E-state index in [4.69, 9.17) is 10.5 Å². The Hall–Kier alpha value is -4.63. The van der Waals surface area contributed by atoms with Gasteiger partial charge in [-0.15, -0.1) is 0 Å². The number of sulfonamides is 1. The zero-order chi connectivity index (χ0) is 29.3. The standard InChI is InChI=1S/C26H19F5N6O3S/c27-18-19(28)21(30)24(22(31)20(18)29)41(38,39)35-11-4-12-37-26-17(25(32)33-13-34-26)23(36-37)14-7-9-16(10-8-14)40-15-5-2-1-3-6-15/h1-3,5-10,13,35H,4,11-12H2,(H2,32,33,34). The Morgan fingerprint density at radius 3 is 2.10 bits per heavy atom. The van der Waals surface area contributed by atoms with Gasteiger partial charge in [0.2, 0.25) is 15.8 Å². The van der Waals surface area contributed by atoms with Crippen LogP contribution in [0.5, 0.6) is 11.5 Å². The SMILES string of the molecule is Nc1ncnc2c1c(-c1ccc(Oc3ccccc3)cc1)nn2CCCNS(=O)(=O)c1c(F)c(F)c(F)c(F)c1F. The van der Waals surface area contributed by atoms with Crippen LogP contribution in [0.3, 0.4) is 0 Å². The second-order valence-electron chi connectivity index (χ2n) is 8.62. The molecule has 2 aromatic heterocycles. The zero-order valence-corrected chi connectivity index (χ0v) is 21.6. The highest BCUT2D eigenvalue weighted by molar-refractivity contribution is 7.89. The van der Waals surface area contributed by atoms with Gasteiger partial charge in [-0.2, -0.15) is 5.10 Å². The lowest BCUT2D eigenvalue weighted by molar-refractivity contribution is 0.357. The molecule has 0 saturated carbocycles. The number of halogens is 5. The number of nitrogen functional groups attached to an aromatic ring is 1. The van der Waals surface area contributed by atoms with Gasteiger partial charge in [-0.3, -0.25) is 0 Å². The molecule has 0 saturated heterocycles. The molecule has 0 aliphatic heterocycles. The number of nitrogens with zero attached hydrogens (tertiary/aromatic N) is 4. The maximum atomic E-state index is 14.0. The summed E-state index contributed by atoms with van der Waals surface area (Å²) in [6.45, 7) is -0.383. The van der Waals surface area contributed by atoms with Gasteiger partial charge in [-0.05, 0) is 42.8 Å². The number of anilines is 1. The summed E-state index contributed by atoms with van der Waals surface area (Å²) in [4.78, 5) is 6.28. The minimum absolute atomic E-state index is 0.00138. The molecule has 9 nitrogen and oxygen atoms in total. The Balaban J connectivity index is 1.34. The molecule has 5 aromatic rings. The Labute approximate surface area is 229 Å². The van der Waals surface area contributed by atoms with Crippen LogP contribution >= 0.6 is 0 Å². The molecule has 5 rings (SSSR count). The number of rotatable bonds is 9. The van der Waals surface area contributed by atoms with Crippen LogP contribution in [0.1, 0.15) is 6.42 Å². The molecule has 0 aliphatic rings. The molecule has 0 spiro atoms. The summed E-state index contributed by atoms with van der Waals surface area (Å²) in [5.41, 5.74) is 7.52.